The van der Waals surface area contributed by atoms with Gasteiger partial charge in [0.05, 0.1) is 0 Å². The summed E-state index contributed by atoms with van der Waals surface area (Å²) in [5, 5.41) is 0. The van der Waals surface area contributed by atoms with Crippen molar-refractivity contribution in [1.29, 1.82) is 0 Å². The number of rotatable bonds is 4. The van der Waals surface area contributed by atoms with Crippen LogP contribution in [0.15, 0.2) is 30.3 Å². The average Bonchev–Trinajstić information content (AvgIpc) is 3.21. The van der Waals surface area contributed by atoms with E-state index in [2.05, 4.69) is 30.9 Å². The third-order valence-electron chi connectivity index (χ3n) is 3.48. The number of carbonyl (C=O) groups excluding carboxylic acids is 1. The fourth-order valence-corrected chi connectivity index (χ4v) is 2.19. The summed E-state index contributed by atoms with van der Waals surface area (Å²) in [5.41, 5.74) is 1.16. The summed E-state index contributed by atoms with van der Waals surface area (Å²) >= 11 is 0. The summed E-state index contributed by atoms with van der Waals surface area (Å²) < 4.78 is 0. The molecule has 1 unspecified atom stereocenters. The van der Waals surface area contributed by atoms with Crippen molar-refractivity contribution in [2.45, 2.75) is 39.3 Å². The van der Waals surface area contributed by atoms with E-state index < -0.39 is 0 Å². The Balaban J connectivity index is 2.12. The molecule has 18 heavy (non-hydrogen) atoms. The second-order valence-electron chi connectivity index (χ2n) is 4.87. The van der Waals surface area contributed by atoms with E-state index in [4.69, 9.17) is 0 Å². The molecule has 1 aliphatic carbocycles. The van der Waals surface area contributed by atoms with Crippen LogP contribution in [-0.2, 0) is 11.3 Å². The quantitative estimate of drug-likeness (QED) is 0.742. The molecular weight excluding hydrogens is 222 g/mol. The molecule has 2 nitrogen and oxygen atoms in total. The molecule has 0 radical (unpaired) electrons. The van der Waals surface area contributed by atoms with Crippen molar-refractivity contribution in [3.63, 3.8) is 0 Å². The summed E-state index contributed by atoms with van der Waals surface area (Å²) in [7, 11) is 0. The van der Waals surface area contributed by atoms with Crippen LogP contribution in [0.1, 0.15) is 32.3 Å². The number of hydrogen-bond donors (Lipinski definition) is 0. The van der Waals surface area contributed by atoms with Crippen LogP contribution in [-0.4, -0.2) is 16.8 Å². The van der Waals surface area contributed by atoms with Gasteiger partial charge in [0.2, 0.25) is 0 Å². The Bertz CT molecular complexity index is 465. The zero-order chi connectivity index (χ0) is 13.0. The first-order valence-corrected chi connectivity index (χ1v) is 6.49. The number of benzene rings is 1. The van der Waals surface area contributed by atoms with E-state index in [1.807, 2.05) is 23.1 Å². The van der Waals surface area contributed by atoms with Crippen LogP contribution < -0.4 is 0 Å². The Morgan fingerprint density at radius 3 is 2.61 bits per heavy atom. The maximum Gasteiger partial charge on any atom is 0.299 e. The molecule has 0 bridgehead atoms. The minimum Gasteiger partial charge on any atom is -0.325 e. The van der Waals surface area contributed by atoms with Crippen molar-refractivity contribution in [3.05, 3.63) is 35.9 Å². The van der Waals surface area contributed by atoms with Crippen molar-refractivity contribution in [3.8, 4) is 11.8 Å². The van der Waals surface area contributed by atoms with Gasteiger partial charge in [-0.3, -0.25) is 4.79 Å². The van der Waals surface area contributed by atoms with Gasteiger partial charge in [0.1, 0.15) is 0 Å². The van der Waals surface area contributed by atoms with Gasteiger partial charge in [-0.05, 0) is 44.1 Å². The molecule has 1 aromatic carbocycles. The van der Waals surface area contributed by atoms with E-state index in [-0.39, 0.29) is 5.91 Å². The SMILES string of the molecule is CC#CC(=O)N(Cc1ccccc1)C(C)C1CC1. The first-order valence-electron chi connectivity index (χ1n) is 6.49. The molecule has 1 fully saturated rings. The Hall–Kier alpha value is -1.75. The fraction of sp³-hybridized carbons (Fsp3) is 0.438. The molecular formula is C16H19NO. The minimum absolute atomic E-state index is 0.0549. The van der Waals surface area contributed by atoms with Crippen molar-refractivity contribution in [2.75, 3.05) is 0 Å². The van der Waals surface area contributed by atoms with Gasteiger partial charge in [0.25, 0.3) is 5.91 Å². The molecule has 1 saturated carbocycles. The van der Waals surface area contributed by atoms with E-state index in [1.54, 1.807) is 6.92 Å². The Kier molecular flexibility index (Phi) is 4.04. The van der Waals surface area contributed by atoms with Gasteiger partial charge in [-0.25, -0.2) is 0 Å². The highest BCUT2D eigenvalue weighted by molar-refractivity contribution is 5.93. The van der Waals surface area contributed by atoms with Crippen LogP contribution in [0.2, 0.25) is 0 Å². The maximum absolute atomic E-state index is 12.1. The number of carbonyl (C=O) groups is 1. The average molecular weight is 241 g/mol. The molecule has 1 aliphatic rings. The second-order valence-corrected chi connectivity index (χ2v) is 4.87. The highest BCUT2D eigenvalue weighted by atomic mass is 16.2. The lowest BCUT2D eigenvalue weighted by Gasteiger charge is -2.27. The molecule has 0 heterocycles. The van der Waals surface area contributed by atoms with E-state index in [0.717, 1.165) is 5.56 Å². The van der Waals surface area contributed by atoms with Crippen LogP contribution in [0.3, 0.4) is 0 Å². The van der Waals surface area contributed by atoms with Crippen LogP contribution in [0.5, 0.6) is 0 Å². The standard InChI is InChI=1S/C16H19NO/c1-3-7-16(18)17(13(2)15-10-11-15)12-14-8-5-4-6-9-14/h4-6,8-9,13,15H,10-12H2,1-2H3. The summed E-state index contributed by atoms with van der Waals surface area (Å²) in [5.74, 6) is 5.98. The predicted molar refractivity (Wildman–Crippen MR) is 72.6 cm³/mol. The van der Waals surface area contributed by atoms with E-state index in [1.165, 1.54) is 12.8 Å². The summed E-state index contributed by atoms with van der Waals surface area (Å²) in [4.78, 5) is 14.0. The normalized spacial score (nSPS) is 15.4. The van der Waals surface area contributed by atoms with Gasteiger partial charge in [-0.15, -0.1) is 0 Å². The fourth-order valence-electron chi connectivity index (χ4n) is 2.19. The molecule has 0 spiro atoms. The van der Waals surface area contributed by atoms with Gasteiger partial charge in [-0.1, -0.05) is 36.3 Å². The summed E-state index contributed by atoms with van der Waals surface area (Å²) in [6, 6.07) is 10.4. The monoisotopic (exact) mass is 241 g/mol. The van der Waals surface area contributed by atoms with Crippen molar-refractivity contribution < 1.29 is 4.79 Å². The van der Waals surface area contributed by atoms with Crippen LogP contribution >= 0.6 is 0 Å². The number of nitrogens with zero attached hydrogens (tertiary/aromatic N) is 1. The third-order valence-corrected chi connectivity index (χ3v) is 3.48. The lowest BCUT2D eigenvalue weighted by molar-refractivity contribution is -0.128. The van der Waals surface area contributed by atoms with Gasteiger partial charge in [0, 0.05) is 12.6 Å². The zero-order valence-electron chi connectivity index (χ0n) is 11.0. The Morgan fingerprint density at radius 1 is 1.39 bits per heavy atom. The van der Waals surface area contributed by atoms with Crippen molar-refractivity contribution in [1.82, 2.24) is 4.90 Å². The van der Waals surface area contributed by atoms with Gasteiger partial charge >= 0.3 is 0 Å². The van der Waals surface area contributed by atoms with Crippen LogP contribution in [0.25, 0.3) is 0 Å². The van der Waals surface area contributed by atoms with Crippen molar-refractivity contribution >= 4 is 5.91 Å². The maximum atomic E-state index is 12.1. The first-order chi connectivity index (χ1) is 8.72. The van der Waals surface area contributed by atoms with E-state index >= 15 is 0 Å². The summed E-state index contributed by atoms with van der Waals surface area (Å²) in [6.07, 6.45) is 2.47. The lowest BCUT2D eigenvalue weighted by atomic mass is 10.1. The lowest BCUT2D eigenvalue weighted by Crippen LogP contribution is -2.38. The highest BCUT2D eigenvalue weighted by Crippen LogP contribution is 2.35. The molecule has 0 aliphatic heterocycles. The molecule has 1 atom stereocenters. The molecule has 0 saturated heterocycles. The van der Waals surface area contributed by atoms with E-state index in [0.29, 0.717) is 18.5 Å². The number of hydrogen-bond acceptors (Lipinski definition) is 1. The molecule has 0 N–H and O–H groups in total. The first kappa shape index (κ1) is 12.7. The summed E-state index contributed by atoms with van der Waals surface area (Å²) in [6.45, 7) is 4.50. The van der Waals surface area contributed by atoms with Crippen LogP contribution in [0, 0.1) is 17.8 Å². The molecule has 2 rings (SSSR count). The smallest absolute Gasteiger partial charge is 0.299 e. The van der Waals surface area contributed by atoms with Gasteiger partial charge in [0.15, 0.2) is 0 Å². The molecule has 2 heteroatoms. The largest absolute Gasteiger partial charge is 0.325 e. The Morgan fingerprint density at radius 2 is 2.06 bits per heavy atom. The second kappa shape index (κ2) is 5.73. The zero-order valence-corrected chi connectivity index (χ0v) is 11.0. The third kappa shape index (κ3) is 3.13. The Labute approximate surface area is 109 Å². The van der Waals surface area contributed by atoms with E-state index in [9.17, 15) is 4.79 Å². The highest BCUT2D eigenvalue weighted by Gasteiger charge is 2.33. The molecule has 1 aromatic rings. The molecule has 0 aromatic heterocycles. The predicted octanol–water partition coefficient (Wildman–Crippen LogP) is 2.84. The van der Waals surface area contributed by atoms with Gasteiger partial charge in [-0.2, -0.15) is 0 Å². The number of amides is 1. The minimum atomic E-state index is -0.0549. The molecule has 1 amide bonds. The topological polar surface area (TPSA) is 20.3 Å². The van der Waals surface area contributed by atoms with Crippen molar-refractivity contribution in [2.24, 2.45) is 5.92 Å². The molecule has 94 valence electrons. The van der Waals surface area contributed by atoms with Crippen LogP contribution in [0.4, 0.5) is 0 Å². The van der Waals surface area contributed by atoms with Gasteiger partial charge < -0.3 is 4.90 Å².